The largest absolute Gasteiger partial charge is 1.00 e. The van der Waals surface area contributed by atoms with Crippen molar-refractivity contribution in [1.29, 1.82) is 0 Å². The molecule has 0 atom stereocenters. The minimum Gasteiger partial charge on any atom is -0.545 e. The summed E-state index contributed by atoms with van der Waals surface area (Å²) in [6.45, 7) is 1.76. The summed E-state index contributed by atoms with van der Waals surface area (Å²) < 4.78 is 13.4. The van der Waals surface area contributed by atoms with Gasteiger partial charge in [-0.3, -0.25) is 0 Å². The Balaban J connectivity index is 0.00000169. The van der Waals surface area contributed by atoms with Gasteiger partial charge in [-0.05, 0) is 34.0 Å². The van der Waals surface area contributed by atoms with Crippen molar-refractivity contribution in [2.24, 2.45) is 0 Å². The molecule has 0 spiro atoms. The quantitative estimate of drug-likeness (QED) is 0.614. The van der Waals surface area contributed by atoms with Crippen LogP contribution in [0.15, 0.2) is 16.6 Å². The first-order valence-corrected chi connectivity index (χ1v) is 4.55. The molecule has 0 heterocycles. The first-order valence-electron chi connectivity index (χ1n) is 3.76. The van der Waals surface area contributed by atoms with E-state index in [0.29, 0.717) is 12.0 Å². The van der Waals surface area contributed by atoms with E-state index in [1.165, 1.54) is 6.07 Å². The molecular formula is C9H7BrFNaO2. The van der Waals surface area contributed by atoms with Gasteiger partial charge in [0.15, 0.2) is 0 Å². The predicted octanol–water partition coefficient (Wildman–Crippen LogP) is -1.48. The molecule has 0 bridgehead atoms. The second-order valence-electron chi connectivity index (χ2n) is 2.54. The van der Waals surface area contributed by atoms with Crippen LogP contribution in [0.2, 0.25) is 0 Å². The zero-order chi connectivity index (χ0) is 10.0. The van der Waals surface area contributed by atoms with Gasteiger partial charge < -0.3 is 9.90 Å². The fraction of sp³-hybridized carbons (Fsp3) is 0.222. The van der Waals surface area contributed by atoms with Gasteiger partial charge in [0, 0.05) is 5.56 Å². The van der Waals surface area contributed by atoms with Crippen molar-refractivity contribution in [1.82, 2.24) is 0 Å². The van der Waals surface area contributed by atoms with Crippen LogP contribution in [-0.4, -0.2) is 5.97 Å². The number of aryl methyl sites for hydroxylation is 1. The number of carbonyl (C=O) groups excluding carboxylic acids is 1. The van der Waals surface area contributed by atoms with Crippen LogP contribution in [0.5, 0.6) is 0 Å². The third kappa shape index (κ3) is 2.79. The van der Waals surface area contributed by atoms with Crippen LogP contribution in [0.3, 0.4) is 0 Å². The molecule has 5 heteroatoms. The van der Waals surface area contributed by atoms with E-state index in [0.717, 1.165) is 0 Å². The molecule has 0 fully saturated rings. The molecule has 0 saturated heterocycles. The standard InChI is InChI=1S/C9H8BrFO2.Na/c1-2-5-3-4-6(10)8(11)7(5)9(12)13;/h3-4H,2H2,1H3,(H,12,13);/q;+1/p-1. The predicted molar refractivity (Wildman–Crippen MR) is 47.8 cm³/mol. The maximum absolute atomic E-state index is 13.2. The van der Waals surface area contributed by atoms with Gasteiger partial charge in [0.05, 0.1) is 10.4 Å². The molecule has 0 aliphatic carbocycles. The molecule has 0 aliphatic rings. The second-order valence-corrected chi connectivity index (χ2v) is 3.39. The molecule has 0 saturated carbocycles. The molecule has 0 radical (unpaired) electrons. The number of carboxylic acid groups (broad SMARTS) is 1. The fourth-order valence-corrected chi connectivity index (χ4v) is 1.44. The zero-order valence-corrected chi connectivity index (χ0v) is 11.5. The molecule has 1 rings (SSSR count). The van der Waals surface area contributed by atoms with Gasteiger partial charge in [-0.1, -0.05) is 13.0 Å². The number of benzene rings is 1. The third-order valence-corrected chi connectivity index (χ3v) is 2.38. The smallest absolute Gasteiger partial charge is 0.545 e. The Morgan fingerprint density at radius 3 is 2.57 bits per heavy atom. The van der Waals surface area contributed by atoms with Crippen LogP contribution in [0.1, 0.15) is 22.8 Å². The second kappa shape index (κ2) is 5.85. The Hall–Kier alpha value is 0.100. The van der Waals surface area contributed by atoms with Gasteiger partial charge in [-0.25, -0.2) is 4.39 Å². The summed E-state index contributed by atoms with van der Waals surface area (Å²) in [6.07, 6.45) is 0.466. The Labute approximate surface area is 112 Å². The minimum atomic E-state index is -1.48. The van der Waals surface area contributed by atoms with E-state index >= 15 is 0 Å². The molecule has 70 valence electrons. The molecule has 0 aromatic heterocycles. The third-order valence-electron chi connectivity index (χ3n) is 1.77. The van der Waals surface area contributed by atoms with Crippen LogP contribution >= 0.6 is 15.9 Å². The van der Waals surface area contributed by atoms with Crippen LogP contribution in [0.4, 0.5) is 4.39 Å². The fourth-order valence-electron chi connectivity index (χ4n) is 1.11. The van der Waals surface area contributed by atoms with E-state index in [4.69, 9.17) is 0 Å². The Morgan fingerprint density at radius 2 is 2.14 bits per heavy atom. The molecule has 0 amide bonds. The average molecular weight is 269 g/mol. The van der Waals surface area contributed by atoms with E-state index in [2.05, 4.69) is 15.9 Å². The Kier molecular flexibility index (Phi) is 5.90. The summed E-state index contributed by atoms with van der Waals surface area (Å²) in [4.78, 5) is 10.6. The molecule has 14 heavy (non-hydrogen) atoms. The number of hydrogen-bond acceptors (Lipinski definition) is 2. The van der Waals surface area contributed by atoms with E-state index in [-0.39, 0.29) is 39.6 Å². The molecule has 0 aliphatic heterocycles. The van der Waals surface area contributed by atoms with Crippen LogP contribution in [0, 0.1) is 5.82 Å². The van der Waals surface area contributed by atoms with Crippen molar-refractivity contribution in [2.45, 2.75) is 13.3 Å². The molecule has 1 aromatic rings. The number of carboxylic acids is 1. The summed E-state index contributed by atoms with van der Waals surface area (Å²) >= 11 is 2.91. The van der Waals surface area contributed by atoms with E-state index in [1.54, 1.807) is 13.0 Å². The molecule has 1 aromatic carbocycles. The van der Waals surface area contributed by atoms with Crippen molar-refractivity contribution in [3.63, 3.8) is 0 Å². The minimum absolute atomic E-state index is 0. The zero-order valence-electron chi connectivity index (χ0n) is 7.93. The summed E-state index contributed by atoms with van der Waals surface area (Å²) in [6, 6.07) is 3.05. The molecular weight excluding hydrogens is 262 g/mol. The first kappa shape index (κ1) is 14.1. The van der Waals surface area contributed by atoms with Gasteiger partial charge in [-0.15, -0.1) is 0 Å². The molecule has 0 unspecified atom stereocenters. The van der Waals surface area contributed by atoms with Crippen molar-refractivity contribution >= 4 is 21.9 Å². The van der Waals surface area contributed by atoms with Gasteiger partial charge >= 0.3 is 29.6 Å². The van der Waals surface area contributed by atoms with Gasteiger partial charge in [-0.2, -0.15) is 0 Å². The number of carbonyl (C=O) groups is 1. The maximum atomic E-state index is 13.2. The Bertz CT molecular complexity index is 355. The van der Waals surface area contributed by atoms with Gasteiger partial charge in [0.25, 0.3) is 0 Å². The summed E-state index contributed by atoms with van der Waals surface area (Å²) in [5.74, 6) is -2.24. The van der Waals surface area contributed by atoms with Crippen molar-refractivity contribution in [3.8, 4) is 0 Å². The first-order chi connectivity index (χ1) is 6.07. The summed E-state index contributed by atoms with van der Waals surface area (Å²) in [5.41, 5.74) is 0.0950. The Morgan fingerprint density at radius 1 is 1.57 bits per heavy atom. The molecule has 2 nitrogen and oxygen atoms in total. The normalized spacial score (nSPS) is 9.36. The summed E-state index contributed by atoms with van der Waals surface area (Å²) in [5, 5.41) is 10.6. The van der Waals surface area contributed by atoms with Crippen LogP contribution in [0.25, 0.3) is 0 Å². The van der Waals surface area contributed by atoms with Crippen LogP contribution < -0.4 is 34.7 Å². The summed E-state index contributed by atoms with van der Waals surface area (Å²) in [7, 11) is 0. The van der Waals surface area contributed by atoms with E-state index < -0.39 is 11.8 Å². The molecule has 0 N–H and O–H groups in total. The SMILES string of the molecule is CCc1ccc(Br)c(F)c1C(=O)[O-].[Na+]. The topological polar surface area (TPSA) is 40.1 Å². The average Bonchev–Trinajstić information content (AvgIpc) is 2.08. The number of aromatic carboxylic acids is 1. The van der Waals surface area contributed by atoms with Crippen LogP contribution in [-0.2, 0) is 6.42 Å². The van der Waals surface area contributed by atoms with Crippen molar-refractivity contribution < 1.29 is 43.8 Å². The number of rotatable bonds is 2. The van der Waals surface area contributed by atoms with Gasteiger partial charge in [0.1, 0.15) is 5.82 Å². The van der Waals surface area contributed by atoms with Gasteiger partial charge in [0.2, 0.25) is 0 Å². The van der Waals surface area contributed by atoms with Crippen molar-refractivity contribution in [2.75, 3.05) is 0 Å². The van der Waals surface area contributed by atoms with E-state index in [9.17, 15) is 14.3 Å². The number of halogens is 2. The van der Waals surface area contributed by atoms with E-state index in [1.807, 2.05) is 0 Å². The number of hydrogen-bond donors (Lipinski definition) is 0. The van der Waals surface area contributed by atoms with Crippen molar-refractivity contribution in [3.05, 3.63) is 33.5 Å². The monoisotopic (exact) mass is 268 g/mol. The maximum Gasteiger partial charge on any atom is 1.00 e.